The molecule has 9 heteroatoms. The molecule has 0 aromatic heterocycles. The first-order valence-electron chi connectivity index (χ1n) is 11.1. The van der Waals surface area contributed by atoms with Crippen LogP contribution in [0.1, 0.15) is 24.8 Å². The summed E-state index contributed by atoms with van der Waals surface area (Å²) in [6.45, 7) is 2.15. The maximum atomic E-state index is 13.2. The van der Waals surface area contributed by atoms with Crippen LogP contribution in [0.2, 0.25) is 10.0 Å². The van der Waals surface area contributed by atoms with Crippen LogP contribution in [0.25, 0.3) is 0 Å². The van der Waals surface area contributed by atoms with E-state index in [1.54, 1.807) is 36.4 Å². The molecule has 1 fully saturated rings. The van der Waals surface area contributed by atoms with E-state index in [2.05, 4.69) is 20.9 Å². The van der Waals surface area contributed by atoms with Gasteiger partial charge in [0.05, 0.1) is 10.0 Å². The number of halogens is 3. The van der Waals surface area contributed by atoms with Crippen molar-refractivity contribution in [3.05, 3.63) is 87.3 Å². The summed E-state index contributed by atoms with van der Waals surface area (Å²) in [7, 11) is 0. The SMILES string of the molecule is O=C(NC1=CCC(N2CCCC2)C(C(=O)NCc2ccc(F)cc2)=C1)Nc1ccc(Cl)c(Cl)c1. The van der Waals surface area contributed by atoms with Gasteiger partial charge in [0.2, 0.25) is 5.91 Å². The van der Waals surface area contributed by atoms with Gasteiger partial charge in [0.1, 0.15) is 5.82 Å². The molecule has 4 rings (SSSR count). The molecule has 2 aromatic carbocycles. The van der Waals surface area contributed by atoms with E-state index in [1.807, 2.05) is 6.08 Å². The maximum absolute atomic E-state index is 13.2. The van der Waals surface area contributed by atoms with Gasteiger partial charge in [0.25, 0.3) is 0 Å². The summed E-state index contributed by atoms with van der Waals surface area (Å²) in [5.74, 6) is -0.530. The summed E-state index contributed by atoms with van der Waals surface area (Å²) < 4.78 is 13.2. The van der Waals surface area contributed by atoms with Crippen molar-refractivity contribution in [3.8, 4) is 0 Å². The Bertz CT molecular complexity index is 1130. The second kappa shape index (κ2) is 11.0. The number of carbonyl (C=O) groups is 2. The zero-order chi connectivity index (χ0) is 24.1. The Labute approximate surface area is 207 Å². The van der Waals surface area contributed by atoms with Gasteiger partial charge < -0.3 is 16.0 Å². The largest absolute Gasteiger partial charge is 0.348 e. The highest BCUT2D eigenvalue weighted by Gasteiger charge is 2.30. The molecule has 1 atom stereocenters. The minimum absolute atomic E-state index is 0.0561. The third-order valence-corrected chi connectivity index (χ3v) is 6.62. The molecule has 1 heterocycles. The van der Waals surface area contributed by atoms with Crippen LogP contribution < -0.4 is 16.0 Å². The van der Waals surface area contributed by atoms with Crippen molar-refractivity contribution in [2.24, 2.45) is 0 Å². The van der Waals surface area contributed by atoms with Crippen LogP contribution >= 0.6 is 23.2 Å². The van der Waals surface area contributed by atoms with Gasteiger partial charge in [-0.2, -0.15) is 0 Å². The minimum atomic E-state index is -0.452. The predicted octanol–water partition coefficient (Wildman–Crippen LogP) is 5.25. The van der Waals surface area contributed by atoms with Crippen molar-refractivity contribution < 1.29 is 14.0 Å². The summed E-state index contributed by atoms with van der Waals surface area (Å²) in [5.41, 5.74) is 2.44. The minimum Gasteiger partial charge on any atom is -0.348 e. The molecule has 1 aliphatic carbocycles. The quantitative estimate of drug-likeness (QED) is 0.505. The molecule has 0 bridgehead atoms. The van der Waals surface area contributed by atoms with Gasteiger partial charge >= 0.3 is 6.03 Å². The fourth-order valence-electron chi connectivity index (χ4n) is 4.15. The number of anilines is 1. The molecule has 2 aromatic rings. The lowest BCUT2D eigenvalue weighted by atomic mass is 9.95. The molecule has 1 saturated heterocycles. The number of likely N-dealkylation sites (tertiary alicyclic amines) is 1. The first-order valence-corrected chi connectivity index (χ1v) is 11.9. The summed E-state index contributed by atoms with van der Waals surface area (Å²) in [4.78, 5) is 28.0. The zero-order valence-electron chi connectivity index (χ0n) is 18.4. The molecule has 178 valence electrons. The Balaban J connectivity index is 1.44. The van der Waals surface area contributed by atoms with Gasteiger partial charge in [-0.1, -0.05) is 41.4 Å². The van der Waals surface area contributed by atoms with E-state index in [4.69, 9.17) is 23.2 Å². The average molecular weight is 503 g/mol. The smallest absolute Gasteiger partial charge is 0.323 e. The molecule has 2 aliphatic rings. The summed E-state index contributed by atoms with van der Waals surface area (Å²) in [6, 6.07) is 10.3. The molecule has 3 N–H and O–H groups in total. The molecule has 3 amide bonds. The van der Waals surface area contributed by atoms with Crippen molar-refractivity contribution >= 4 is 40.8 Å². The molecule has 0 radical (unpaired) electrons. The van der Waals surface area contributed by atoms with Crippen LogP contribution in [0.3, 0.4) is 0 Å². The van der Waals surface area contributed by atoms with Crippen molar-refractivity contribution in [2.45, 2.75) is 31.8 Å². The lowest BCUT2D eigenvalue weighted by Crippen LogP contribution is -2.42. The lowest BCUT2D eigenvalue weighted by molar-refractivity contribution is -0.118. The zero-order valence-corrected chi connectivity index (χ0v) is 19.9. The standard InChI is InChI=1S/C25H25Cl2FN4O2/c26-21-9-7-19(14-22(21)27)31-25(34)30-18-8-10-23(32-11-1-2-12-32)20(13-18)24(33)29-15-16-3-5-17(28)6-4-16/h3-9,13-14,23H,1-2,10-12,15H2,(H,29,33)(H2,30,31,34). The monoisotopic (exact) mass is 502 g/mol. The topological polar surface area (TPSA) is 73.5 Å². The van der Waals surface area contributed by atoms with Crippen LogP contribution in [0.15, 0.2) is 65.9 Å². The van der Waals surface area contributed by atoms with E-state index >= 15 is 0 Å². The Morgan fingerprint density at radius 2 is 1.74 bits per heavy atom. The van der Waals surface area contributed by atoms with E-state index in [1.165, 1.54) is 12.1 Å². The van der Waals surface area contributed by atoms with Gasteiger partial charge in [0.15, 0.2) is 0 Å². The molecule has 6 nitrogen and oxygen atoms in total. The first kappa shape index (κ1) is 24.3. The number of urea groups is 1. The highest BCUT2D eigenvalue weighted by Crippen LogP contribution is 2.27. The number of nitrogens with one attached hydrogen (secondary N) is 3. The van der Waals surface area contributed by atoms with E-state index in [-0.39, 0.29) is 24.3 Å². The van der Waals surface area contributed by atoms with Gasteiger partial charge in [-0.15, -0.1) is 0 Å². The molecule has 34 heavy (non-hydrogen) atoms. The van der Waals surface area contributed by atoms with Gasteiger partial charge in [0, 0.05) is 29.5 Å². The molecule has 0 spiro atoms. The highest BCUT2D eigenvalue weighted by atomic mass is 35.5. The fourth-order valence-corrected chi connectivity index (χ4v) is 4.44. The Hall–Kier alpha value is -2.87. The van der Waals surface area contributed by atoms with Gasteiger partial charge in [-0.3, -0.25) is 9.69 Å². The van der Waals surface area contributed by atoms with Crippen molar-refractivity contribution in [2.75, 3.05) is 18.4 Å². The van der Waals surface area contributed by atoms with Crippen LogP contribution in [0, 0.1) is 5.82 Å². The third-order valence-electron chi connectivity index (χ3n) is 5.88. The molecule has 1 unspecified atom stereocenters. The Morgan fingerprint density at radius 1 is 1.00 bits per heavy atom. The maximum Gasteiger partial charge on any atom is 0.323 e. The fraction of sp³-hybridized carbons (Fsp3) is 0.280. The second-order valence-corrected chi connectivity index (χ2v) is 9.09. The number of allylic oxidation sites excluding steroid dienone is 1. The summed E-state index contributed by atoms with van der Waals surface area (Å²) in [6.07, 6.45) is 6.46. The van der Waals surface area contributed by atoms with Gasteiger partial charge in [-0.05, 0) is 74.3 Å². The number of rotatable bonds is 6. The second-order valence-electron chi connectivity index (χ2n) is 8.27. The molecule has 0 saturated carbocycles. The van der Waals surface area contributed by atoms with E-state index < -0.39 is 6.03 Å². The number of hydrogen-bond acceptors (Lipinski definition) is 3. The highest BCUT2D eigenvalue weighted by molar-refractivity contribution is 6.42. The van der Waals surface area contributed by atoms with Crippen LogP contribution in [0.4, 0.5) is 14.9 Å². The lowest BCUT2D eigenvalue weighted by Gasteiger charge is -2.31. The van der Waals surface area contributed by atoms with Crippen LogP contribution in [-0.2, 0) is 11.3 Å². The first-order chi connectivity index (χ1) is 16.4. The van der Waals surface area contributed by atoms with E-state index in [9.17, 15) is 14.0 Å². The number of carbonyl (C=O) groups excluding carboxylic acids is 2. The average Bonchev–Trinajstić information content (AvgIpc) is 3.35. The number of hydrogen-bond donors (Lipinski definition) is 3. The predicted molar refractivity (Wildman–Crippen MR) is 132 cm³/mol. The normalized spacial score (nSPS) is 18.1. The summed E-state index contributed by atoms with van der Waals surface area (Å²) in [5, 5.41) is 9.17. The van der Waals surface area contributed by atoms with Crippen LogP contribution in [0.5, 0.6) is 0 Å². The van der Waals surface area contributed by atoms with Crippen molar-refractivity contribution in [3.63, 3.8) is 0 Å². The molecular formula is C25H25Cl2FN4O2. The third kappa shape index (κ3) is 6.17. The molecular weight excluding hydrogens is 478 g/mol. The molecule has 1 aliphatic heterocycles. The number of benzene rings is 2. The number of nitrogens with zero attached hydrogens (tertiary/aromatic N) is 1. The number of amides is 3. The summed E-state index contributed by atoms with van der Waals surface area (Å²) >= 11 is 11.9. The van der Waals surface area contributed by atoms with Crippen molar-refractivity contribution in [1.29, 1.82) is 0 Å². The van der Waals surface area contributed by atoms with E-state index in [0.717, 1.165) is 31.5 Å². The van der Waals surface area contributed by atoms with Crippen LogP contribution in [-0.4, -0.2) is 36.0 Å². The van der Waals surface area contributed by atoms with E-state index in [0.29, 0.717) is 33.4 Å². The van der Waals surface area contributed by atoms with Gasteiger partial charge in [-0.25, -0.2) is 9.18 Å². The Morgan fingerprint density at radius 3 is 2.44 bits per heavy atom. The van der Waals surface area contributed by atoms with Crippen molar-refractivity contribution in [1.82, 2.24) is 15.5 Å². The Kier molecular flexibility index (Phi) is 7.88.